The van der Waals surface area contributed by atoms with Crippen LogP contribution in [0, 0.1) is 0 Å². The summed E-state index contributed by atoms with van der Waals surface area (Å²) in [5.74, 6) is 0.841. The van der Waals surface area contributed by atoms with Crippen molar-refractivity contribution in [2.45, 2.75) is 13.2 Å². The highest BCUT2D eigenvalue weighted by Crippen LogP contribution is 2.31. The van der Waals surface area contributed by atoms with Crippen LogP contribution < -0.4 is 10.1 Å². The van der Waals surface area contributed by atoms with Gasteiger partial charge in [0.25, 0.3) is 0 Å². The fourth-order valence-corrected chi connectivity index (χ4v) is 2.59. The zero-order valence-electron chi connectivity index (χ0n) is 9.54. The van der Waals surface area contributed by atoms with Gasteiger partial charge in [0.1, 0.15) is 12.4 Å². The molecule has 18 heavy (non-hydrogen) atoms. The van der Waals surface area contributed by atoms with Gasteiger partial charge in [-0.15, -0.1) is 0 Å². The molecule has 3 rings (SSSR count). The Kier molecular flexibility index (Phi) is 3.18. The first-order chi connectivity index (χ1) is 8.72. The predicted octanol–water partition coefficient (Wildman–Crippen LogP) is 4.61. The van der Waals surface area contributed by atoms with Gasteiger partial charge in [0.05, 0.1) is 5.69 Å². The minimum absolute atomic E-state index is 0.582. The number of hydrogen-bond acceptors (Lipinski definition) is 2. The lowest BCUT2D eigenvalue weighted by Gasteiger charge is -2.20. The van der Waals surface area contributed by atoms with Crippen molar-refractivity contribution in [3.05, 3.63) is 57.0 Å². The molecule has 1 heterocycles. The summed E-state index contributed by atoms with van der Waals surface area (Å²) >= 11 is 9.48. The Morgan fingerprint density at radius 3 is 2.89 bits per heavy atom. The van der Waals surface area contributed by atoms with E-state index in [9.17, 15) is 0 Å². The fraction of sp³-hybridized carbons (Fsp3) is 0.143. The number of benzene rings is 2. The number of fused-ring (bicyclic) bond motifs is 2. The van der Waals surface area contributed by atoms with Gasteiger partial charge >= 0.3 is 0 Å². The van der Waals surface area contributed by atoms with E-state index in [0.29, 0.717) is 11.6 Å². The average Bonchev–Trinajstić information content (AvgIpc) is 2.34. The largest absolute Gasteiger partial charge is 0.487 e. The van der Waals surface area contributed by atoms with E-state index in [0.717, 1.165) is 22.5 Å². The lowest BCUT2D eigenvalue weighted by atomic mass is 10.1. The first-order valence-electron chi connectivity index (χ1n) is 5.66. The normalized spacial score (nSPS) is 13.4. The molecule has 0 radical (unpaired) electrons. The smallest absolute Gasteiger partial charge is 0.143 e. The summed E-state index contributed by atoms with van der Waals surface area (Å²) in [6.45, 7) is 1.35. The summed E-state index contributed by atoms with van der Waals surface area (Å²) in [7, 11) is 0. The van der Waals surface area contributed by atoms with E-state index >= 15 is 0 Å². The Bertz CT molecular complexity index is 547. The van der Waals surface area contributed by atoms with E-state index in [1.807, 2.05) is 24.3 Å². The molecular weight excluding hydrogens is 314 g/mol. The molecule has 2 aromatic rings. The Hall–Kier alpha value is -1.19. The quantitative estimate of drug-likeness (QED) is 0.764. The molecule has 1 aliphatic rings. The zero-order chi connectivity index (χ0) is 12.5. The number of halogens is 2. The van der Waals surface area contributed by atoms with Crippen molar-refractivity contribution in [3.63, 3.8) is 0 Å². The molecule has 1 N–H and O–H groups in total. The molecule has 0 saturated heterocycles. The van der Waals surface area contributed by atoms with Crippen LogP contribution in [0.15, 0.2) is 40.9 Å². The second-order valence-electron chi connectivity index (χ2n) is 4.20. The predicted molar refractivity (Wildman–Crippen MR) is 77.3 cm³/mol. The molecule has 0 fully saturated rings. The van der Waals surface area contributed by atoms with Crippen molar-refractivity contribution in [2.75, 3.05) is 5.32 Å². The van der Waals surface area contributed by atoms with Gasteiger partial charge in [-0.05, 0) is 41.5 Å². The van der Waals surface area contributed by atoms with Gasteiger partial charge in [0.15, 0.2) is 0 Å². The van der Waals surface area contributed by atoms with Crippen molar-refractivity contribution in [2.24, 2.45) is 0 Å². The topological polar surface area (TPSA) is 21.3 Å². The lowest BCUT2D eigenvalue weighted by Crippen LogP contribution is -2.10. The van der Waals surface area contributed by atoms with Gasteiger partial charge in [0.2, 0.25) is 0 Å². The molecule has 0 atom stereocenters. The molecule has 2 aromatic carbocycles. The number of nitrogens with one attached hydrogen (secondary N) is 1. The number of ether oxygens (including phenoxy) is 1. The lowest BCUT2D eigenvalue weighted by molar-refractivity contribution is 0.305. The maximum atomic E-state index is 5.99. The van der Waals surface area contributed by atoms with E-state index in [1.165, 1.54) is 11.1 Å². The Morgan fingerprint density at radius 2 is 2.00 bits per heavy atom. The van der Waals surface area contributed by atoms with Crippen LogP contribution in [0.2, 0.25) is 5.02 Å². The third-order valence-electron chi connectivity index (χ3n) is 2.96. The fourth-order valence-electron chi connectivity index (χ4n) is 2.01. The highest BCUT2D eigenvalue weighted by Gasteiger charge is 2.12. The number of hydrogen-bond donors (Lipinski definition) is 1. The monoisotopic (exact) mass is 323 g/mol. The molecule has 4 heteroatoms. The molecule has 92 valence electrons. The molecule has 0 unspecified atom stereocenters. The molecule has 2 nitrogen and oxygen atoms in total. The minimum atomic E-state index is 0.582. The third-order valence-corrected chi connectivity index (χ3v) is 3.69. The van der Waals surface area contributed by atoms with Gasteiger partial charge in [0, 0.05) is 16.0 Å². The van der Waals surface area contributed by atoms with Crippen LogP contribution in [0.4, 0.5) is 5.69 Å². The van der Waals surface area contributed by atoms with Crippen LogP contribution in [0.25, 0.3) is 0 Å². The van der Waals surface area contributed by atoms with Crippen LogP contribution >= 0.6 is 27.5 Å². The second kappa shape index (κ2) is 4.82. The summed E-state index contributed by atoms with van der Waals surface area (Å²) in [6.07, 6.45) is 0. The maximum Gasteiger partial charge on any atom is 0.143 e. The minimum Gasteiger partial charge on any atom is -0.487 e. The van der Waals surface area contributed by atoms with Crippen LogP contribution in [-0.4, -0.2) is 0 Å². The van der Waals surface area contributed by atoms with E-state index in [4.69, 9.17) is 16.3 Å². The van der Waals surface area contributed by atoms with Crippen molar-refractivity contribution in [3.8, 4) is 5.75 Å². The average molecular weight is 325 g/mol. The van der Waals surface area contributed by atoms with Gasteiger partial charge < -0.3 is 10.1 Å². The third kappa shape index (κ3) is 2.33. The highest BCUT2D eigenvalue weighted by molar-refractivity contribution is 9.10. The Balaban J connectivity index is 1.97. The zero-order valence-corrected chi connectivity index (χ0v) is 11.9. The molecular formula is C14H11BrClNO. The molecule has 0 spiro atoms. The molecule has 0 saturated carbocycles. The first kappa shape index (κ1) is 11.9. The van der Waals surface area contributed by atoms with E-state index in [-0.39, 0.29) is 0 Å². The van der Waals surface area contributed by atoms with Crippen molar-refractivity contribution in [1.29, 1.82) is 0 Å². The van der Waals surface area contributed by atoms with Gasteiger partial charge in [-0.2, -0.15) is 0 Å². The van der Waals surface area contributed by atoms with Crippen molar-refractivity contribution in [1.82, 2.24) is 0 Å². The summed E-state index contributed by atoms with van der Waals surface area (Å²) in [5, 5.41) is 4.07. The van der Waals surface area contributed by atoms with Gasteiger partial charge in [-0.3, -0.25) is 0 Å². The van der Waals surface area contributed by atoms with Crippen molar-refractivity contribution >= 4 is 33.2 Å². The summed E-state index contributed by atoms with van der Waals surface area (Å²) in [5.41, 5.74) is 3.37. The standard InChI is InChI=1S/C14H11BrClNO/c15-11-2-1-9-8-18-14-4-3-12(16)6-13(14)17-7-10(9)5-11/h1-6,17H,7-8H2. The number of anilines is 1. The van der Waals surface area contributed by atoms with E-state index in [2.05, 4.69) is 33.4 Å². The summed E-state index contributed by atoms with van der Waals surface area (Å²) in [4.78, 5) is 0. The van der Waals surface area contributed by atoms with E-state index < -0.39 is 0 Å². The SMILES string of the molecule is Clc1ccc2c(c1)NCc1cc(Br)ccc1CO2. The first-order valence-corrected chi connectivity index (χ1v) is 6.83. The maximum absolute atomic E-state index is 5.99. The molecule has 1 aliphatic heterocycles. The number of rotatable bonds is 0. The Labute approximate surface area is 119 Å². The molecule has 0 amide bonds. The van der Waals surface area contributed by atoms with Crippen LogP contribution in [0.1, 0.15) is 11.1 Å². The van der Waals surface area contributed by atoms with Gasteiger partial charge in [-0.1, -0.05) is 33.6 Å². The van der Waals surface area contributed by atoms with Crippen LogP contribution in [-0.2, 0) is 13.2 Å². The van der Waals surface area contributed by atoms with Crippen molar-refractivity contribution < 1.29 is 4.74 Å². The molecule has 0 aromatic heterocycles. The van der Waals surface area contributed by atoms with E-state index in [1.54, 1.807) is 0 Å². The van der Waals surface area contributed by atoms with Crippen LogP contribution in [0.5, 0.6) is 5.75 Å². The second-order valence-corrected chi connectivity index (χ2v) is 5.55. The van der Waals surface area contributed by atoms with Crippen LogP contribution in [0.3, 0.4) is 0 Å². The molecule has 0 bridgehead atoms. The summed E-state index contributed by atoms with van der Waals surface area (Å²) in [6, 6.07) is 11.9. The molecule has 0 aliphatic carbocycles. The van der Waals surface area contributed by atoms with Gasteiger partial charge in [-0.25, -0.2) is 0 Å². The summed E-state index contributed by atoms with van der Waals surface area (Å²) < 4.78 is 6.89. The highest BCUT2D eigenvalue weighted by atomic mass is 79.9. The Morgan fingerprint density at radius 1 is 1.11 bits per heavy atom.